The fraction of sp³-hybridized carbons (Fsp3) is 0.273. The van der Waals surface area contributed by atoms with Gasteiger partial charge in [0.1, 0.15) is 5.52 Å². The molecule has 164 valence electrons. The molecule has 4 aromatic rings. The summed E-state index contributed by atoms with van der Waals surface area (Å²) in [7, 11) is 0. The number of nitrogens with one attached hydrogen (secondary N) is 1. The van der Waals surface area contributed by atoms with Crippen molar-refractivity contribution in [1.29, 1.82) is 0 Å². The predicted octanol–water partition coefficient (Wildman–Crippen LogP) is 4.81. The summed E-state index contributed by atoms with van der Waals surface area (Å²) in [5.74, 6) is -0.218. The molecule has 2 aromatic heterocycles. The summed E-state index contributed by atoms with van der Waals surface area (Å²) in [6, 6.07) is 13.8. The number of rotatable bonds is 8. The lowest BCUT2D eigenvalue weighted by Gasteiger charge is -2.13. The number of non-ortho nitro benzene ring substituents is 1. The summed E-state index contributed by atoms with van der Waals surface area (Å²) in [6.45, 7) is 4.83. The lowest BCUT2D eigenvalue weighted by atomic mass is 10.2. The molecule has 0 aliphatic carbocycles. The van der Waals surface area contributed by atoms with Gasteiger partial charge in [-0.05, 0) is 31.0 Å². The molecular weight excluding hydrogens is 428 g/mol. The van der Waals surface area contributed by atoms with Gasteiger partial charge in [-0.25, -0.2) is 4.98 Å². The maximum absolute atomic E-state index is 12.8. The van der Waals surface area contributed by atoms with Crippen LogP contribution in [0.15, 0.2) is 53.7 Å². The molecule has 1 atom stereocenters. The first-order chi connectivity index (χ1) is 15.5. The zero-order valence-electron chi connectivity index (χ0n) is 17.7. The van der Waals surface area contributed by atoms with Crippen LogP contribution in [-0.2, 0) is 11.3 Å². The zero-order chi connectivity index (χ0) is 22.7. The van der Waals surface area contributed by atoms with Gasteiger partial charge in [-0.1, -0.05) is 43.8 Å². The summed E-state index contributed by atoms with van der Waals surface area (Å²) in [4.78, 5) is 27.9. The van der Waals surface area contributed by atoms with Crippen molar-refractivity contribution in [3.05, 3.63) is 58.6 Å². The van der Waals surface area contributed by atoms with E-state index in [1.54, 1.807) is 0 Å². The molecule has 10 heteroatoms. The molecule has 32 heavy (non-hydrogen) atoms. The molecule has 2 aromatic carbocycles. The third kappa shape index (κ3) is 4.26. The van der Waals surface area contributed by atoms with Crippen molar-refractivity contribution < 1.29 is 9.72 Å². The number of aromatic nitrogens is 4. The quantitative estimate of drug-likeness (QED) is 0.233. The number of nitro groups is 1. The minimum atomic E-state index is -0.478. The lowest BCUT2D eigenvalue weighted by molar-refractivity contribution is -0.384. The van der Waals surface area contributed by atoms with E-state index in [9.17, 15) is 14.9 Å². The van der Waals surface area contributed by atoms with E-state index in [0.717, 1.165) is 35.0 Å². The number of aryl methyl sites for hydroxylation is 1. The molecule has 0 saturated carbocycles. The van der Waals surface area contributed by atoms with Crippen molar-refractivity contribution in [3.63, 3.8) is 0 Å². The number of amides is 1. The Morgan fingerprint density at radius 1 is 1.16 bits per heavy atom. The van der Waals surface area contributed by atoms with Crippen molar-refractivity contribution in [1.82, 2.24) is 19.7 Å². The van der Waals surface area contributed by atoms with Crippen molar-refractivity contribution >= 4 is 51.1 Å². The Morgan fingerprint density at radius 3 is 2.59 bits per heavy atom. The van der Waals surface area contributed by atoms with E-state index in [4.69, 9.17) is 4.98 Å². The van der Waals surface area contributed by atoms with Gasteiger partial charge in [0.15, 0.2) is 5.65 Å². The largest absolute Gasteiger partial charge is 0.325 e. The standard InChI is InChI=1S/C22H22N6O3S/c1-3-13-27-17-8-6-5-7-16(17)19-20(27)24-22(26-25-19)32-18(4-2)21(29)23-14-9-11-15(12-10-14)28(30)31/h5-12,18H,3-4,13H2,1-2H3,(H,23,29)/t18-/m0/s1. The third-order valence-corrected chi connectivity index (χ3v) is 6.27. The van der Waals surface area contributed by atoms with E-state index in [-0.39, 0.29) is 11.6 Å². The number of anilines is 1. The lowest BCUT2D eigenvalue weighted by Crippen LogP contribution is -2.24. The molecule has 1 amide bonds. The Bertz CT molecular complexity index is 1290. The topological polar surface area (TPSA) is 116 Å². The van der Waals surface area contributed by atoms with Gasteiger partial charge >= 0.3 is 0 Å². The molecule has 0 radical (unpaired) electrons. The number of nitrogens with zero attached hydrogens (tertiary/aromatic N) is 5. The minimum Gasteiger partial charge on any atom is -0.325 e. The fourth-order valence-corrected chi connectivity index (χ4v) is 4.34. The molecule has 1 N–H and O–H groups in total. The van der Waals surface area contributed by atoms with E-state index in [1.165, 1.54) is 36.0 Å². The number of para-hydroxylation sites is 1. The van der Waals surface area contributed by atoms with Gasteiger partial charge in [0.25, 0.3) is 5.69 Å². The number of thioether (sulfide) groups is 1. The van der Waals surface area contributed by atoms with Crippen LogP contribution in [0.5, 0.6) is 0 Å². The summed E-state index contributed by atoms with van der Waals surface area (Å²) >= 11 is 1.26. The number of carbonyl (C=O) groups excluding carboxylic acids is 1. The van der Waals surface area contributed by atoms with Gasteiger partial charge in [-0.15, -0.1) is 10.2 Å². The predicted molar refractivity (Wildman–Crippen MR) is 125 cm³/mol. The first kappa shape index (κ1) is 21.7. The smallest absolute Gasteiger partial charge is 0.269 e. The highest BCUT2D eigenvalue weighted by molar-refractivity contribution is 8.00. The van der Waals surface area contributed by atoms with E-state index in [1.807, 2.05) is 31.2 Å². The maximum atomic E-state index is 12.8. The molecule has 0 spiro atoms. The van der Waals surface area contributed by atoms with E-state index in [0.29, 0.717) is 17.3 Å². The van der Waals surface area contributed by atoms with Gasteiger partial charge in [-0.3, -0.25) is 14.9 Å². The van der Waals surface area contributed by atoms with Crippen LogP contribution < -0.4 is 5.32 Å². The van der Waals surface area contributed by atoms with Crippen LogP contribution in [0.25, 0.3) is 22.1 Å². The Kier molecular flexibility index (Phi) is 6.31. The molecule has 0 unspecified atom stereocenters. The van der Waals surface area contributed by atoms with Crippen LogP contribution >= 0.6 is 11.8 Å². The number of nitro benzene ring substituents is 1. The van der Waals surface area contributed by atoms with Crippen LogP contribution in [0.2, 0.25) is 0 Å². The maximum Gasteiger partial charge on any atom is 0.269 e. The molecular formula is C22H22N6O3S. The fourth-order valence-electron chi connectivity index (χ4n) is 3.53. The molecule has 9 nitrogen and oxygen atoms in total. The number of benzene rings is 2. The summed E-state index contributed by atoms with van der Waals surface area (Å²) < 4.78 is 2.14. The van der Waals surface area contributed by atoms with Crippen molar-refractivity contribution in [2.75, 3.05) is 5.32 Å². The van der Waals surface area contributed by atoms with E-state index < -0.39 is 10.2 Å². The molecule has 4 rings (SSSR count). The highest BCUT2D eigenvalue weighted by Gasteiger charge is 2.22. The molecule has 0 aliphatic rings. The van der Waals surface area contributed by atoms with Gasteiger partial charge < -0.3 is 9.88 Å². The Hall–Kier alpha value is -3.53. The van der Waals surface area contributed by atoms with Crippen LogP contribution in [-0.4, -0.2) is 35.8 Å². The Balaban J connectivity index is 1.58. The van der Waals surface area contributed by atoms with Crippen LogP contribution in [0, 0.1) is 10.1 Å². The summed E-state index contributed by atoms with van der Waals surface area (Å²) in [5.41, 5.74) is 3.05. The zero-order valence-corrected chi connectivity index (χ0v) is 18.5. The second-order valence-corrected chi connectivity index (χ2v) is 8.41. The summed E-state index contributed by atoms with van der Waals surface area (Å²) in [5, 5.41) is 23.3. The average molecular weight is 451 g/mol. The number of carbonyl (C=O) groups is 1. The molecule has 0 bridgehead atoms. The van der Waals surface area contributed by atoms with E-state index in [2.05, 4.69) is 27.0 Å². The highest BCUT2D eigenvalue weighted by Crippen LogP contribution is 2.29. The van der Waals surface area contributed by atoms with Crippen LogP contribution in [0.1, 0.15) is 26.7 Å². The van der Waals surface area contributed by atoms with Gasteiger partial charge in [0.05, 0.1) is 15.7 Å². The van der Waals surface area contributed by atoms with Gasteiger partial charge in [0, 0.05) is 29.8 Å². The molecule has 0 fully saturated rings. The monoisotopic (exact) mass is 450 g/mol. The molecule has 2 heterocycles. The second-order valence-electron chi connectivity index (χ2n) is 7.24. The third-order valence-electron chi connectivity index (χ3n) is 5.06. The van der Waals surface area contributed by atoms with Gasteiger partial charge in [-0.2, -0.15) is 0 Å². The number of fused-ring (bicyclic) bond motifs is 3. The van der Waals surface area contributed by atoms with Gasteiger partial charge in [0.2, 0.25) is 11.1 Å². The normalized spacial score (nSPS) is 12.2. The summed E-state index contributed by atoms with van der Waals surface area (Å²) in [6.07, 6.45) is 1.51. The molecule has 0 saturated heterocycles. The number of hydrogen-bond donors (Lipinski definition) is 1. The highest BCUT2D eigenvalue weighted by atomic mass is 32.2. The van der Waals surface area contributed by atoms with Crippen molar-refractivity contribution in [2.45, 2.75) is 43.6 Å². The van der Waals surface area contributed by atoms with Crippen LogP contribution in [0.4, 0.5) is 11.4 Å². The van der Waals surface area contributed by atoms with Crippen molar-refractivity contribution in [3.8, 4) is 0 Å². The van der Waals surface area contributed by atoms with Crippen LogP contribution in [0.3, 0.4) is 0 Å². The molecule has 0 aliphatic heterocycles. The minimum absolute atomic E-state index is 0.0281. The van der Waals surface area contributed by atoms with E-state index >= 15 is 0 Å². The Morgan fingerprint density at radius 2 is 1.91 bits per heavy atom. The van der Waals surface area contributed by atoms with Crippen molar-refractivity contribution in [2.24, 2.45) is 0 Å². The number of hydrogen-bond acceptors (Lipinski definition) is 7. The average Bonchev–Trinajstić information content (AvgIpc) is 3.11. The Labute approximate surface area is 188 Å². The second kappa shape index (κ2) is 9.31. The first-order valence-electron chi connectivity index (χ1n) is 10.4. The first-order valence-corrected chi connectivity index (χ1v) is 11.2. The SMILES string of the molecule is CCCn1c2ccccc2c2nnc(S[C@@H](CC)C(=O)Nc3ccc([N+](=O)[O-])cc3)nc21.